The second kappa shape index (κ2) is 59.0. The second-order valence-corrected chi connectivity index (χ2v) is 25.7. The standard InChI is InChI=1S/C70H145N5O5/c1-6-11-16-21-26-31-36-41-46-66(61-76)73(58-60-75(69(64-79)49-44-39-34-29-24-19-14-9-4)70(65-80)50-45-40-35-30-25-20-15-10-5)57-55-71-51-53-72(54-52-71)56-59-74(67(62-77)47-42-37-32-27-22-17-12-7-2)68(63-78)48-43-38-33-28-23-18-13-8-3/h66-70,76-80H,6-65H2,1-5H3/t66-,67-,68-,69-,70?/m1/s1. The van der Waals surface area contributed by atoms with Gasteiger partial charge in [-0.05, 0) is 32.1 Å². The zero-order chi connectivity index (χ0) is 58.2. The molecule has 0 aromatic rings. The first kappa shape index (κ1) is 77.6. The minimum Gasteiger partial charge on any atom is -0.395 e. The molecule has 80 heavy (non-hydrogen) atoms. The van der Waals surface area contributed by atoms with Crippen LogP contribution in [0.4, 0.5) is 0 Å². The highest BCUT2D eigenvalue weighted by atomic mass is 16.3. The highest BCUT2D eigenvalue weighted by Crippen LogP contribution is 2.24. The van der Waals surface area contributed by atoms with E-state index >= 15 is 0 Å². The van der Waals surface area contributed by atoms with Gasteiger partial charge in [-0.1, -0.05) is 291 Å². The second-order valence-electron chi connectivity index (χ2n) is 25.7. The van der Waals surface area contributed by atoms with Crippen LogP contribution < -0.4 is 0 Å². The number of aliphatic hydroxyl groups is 5. The Hall–Kier alpha value is -0.400. The van der Waals surface area contributed by atoms with Crippen molar-refractivity contribution >= 4 is 0 Å². The fourth-order valence-electron chi connectivity index (χ4n) is 13.2. The predicted molar refractivity (Wildman–Crippen MR) is 348 cm³/mol. The summed E-state index contributed by atoms with van der Waals surface area (Å²) in [5.74, 6) is 0. The molecule has 0 bridgehead atoms. The lowest BCUT2D eigenvalue weighted by Gasteiger charge is -2.41. The largest absolute Gasteiger partial charge is 0.395 e. The van der Waals surface area contributed by atoms with Crippen molar-refractivity contribution in [2.45, 2.75) is 354 Å². The monoisotopic (exact) mass is 1140 g/mol. The van der Waals surface area contributed by atoms with Crippen molar-refractivity contribution in [2.24, 2.45) is 0 Å². The van der Waals surface area contributed by atoms with E-state index in [0.29, 0.717) is 0 Å². The molecule has 1 saturated heterocycles. The summed E-state index contributed by atoms with van der Waals surface area (Å²) in [6.07, 6.45) is 56.4. The maximum atomic E-state index is 11.2. The fourth-order valence-corrected chi connectivity index (χ4v) is 13.2. The van der Waals surface area contributed by atoms with Crippen LogP contribution in [0.5, 0.6) is 0 Å². The van der Waals surface area contributed by atoms with Gasteiger partial charge in [0.15, 0.2) is 0 Å². The zero-order valence-electron chi connectivity index (χ0n) is 54.8. The van der Waals surface area contributed by atoms with Crippen molar-refractivity contribution in [1.82, 2.24) is 24.5 Å². The smallest absolute Gasteiger partial charge is 0.0587 e. The molecule has 10 nitrogen and oxygen atoms in total. The van der Waals surface area contributed by atoms with Crippen molar-refractivity contribution in [1.29, 1.82) is 0 Å². The lowest BCUT2D eigenvalue weighted by atomic mass is 9.99. The number of hydrogen-bond donors (Lipinski definition) is 5. The number of piperazine rings is 1. The van der Waals surface area contributed by atoms with Crippen LogP contribution in [-0.4, -0.2) is 179 Å². The van der Waals surface area contributed by atoms with E-state index in [0.717, 1.165) is 130 Å². The van der Waals surface area contributed by atoms with Crippen molar-refractivity contribution in [3.8, 4) is 0 Å². The molecule has 0 aliphatic carbocycles. The van der Waals surface area contributed by atoms with Crippen LogP contribution in [0.1, 0.15) is 324 Å². The van der Waals surface area contributed by atoms with Gasteiger partial charge >= 0.3 is 0 Å². The fraction of sp³-hybridized carbons (Fsp3) is 1.00. The third kappa shape index (κ3) is 41.6. The van der Waals surface area contributed by atoms with Gasteiger partial charge in [0.1, 0.15) is 0 Å². The summed E-state index contributed by atoms with van der Waals surface area (Å²) in [7, 11) is 0. The first-order valence-corrected chi connectivity index (χ1v) is 36.2. The molecule has 1 fully saturated rings. The Kier molecular flexibility index (Phi) is 57.2. The lowest BCUT2D eigenvalue weighted by Crippen LogP contribution is -2.54. The molecule has 1 aliphatic rings. The summed E-state index contributed by atoms with van der Waals surface area (Å²) in [5, 5.41) is 55.2. The van der Waals surface area contributed by atoms with E-state index in [1.807, 2.05) is 0 Å². The van der Waals surface area contributed by atoms with Crippen molar-refractivity contribution in [2.75, 3.05) is 98.5 Å². The van der Waals surface area contributed by atoms with Gasteiger partial charge in [-0.15, -0.1) is 0 Å². The number of aliphatic hydroxyl groups excluding tert-OH is 5. The molecule has 1 heterocycles. The number of rotatable bonds is 64. The molecule has 5 atom stereocenters. The lowest BCUT2D eigenvalue weighted by molar-refractivity contribution is 0.0186. The van der Waals surface area contributed by atoms with Crippen LogP contribution in [-0.2, 0) is 0 Å². The third-order valence-electron chi connectivity index (χ3n) is 18.9. The Balaban J connectivity index is 3.16. The molecule has 0 saturated carbocycles. The molecular weight excluding hydrogens is 991 g/mol. The van der Waals surface area contributed by atoms with Crippen molar-refractivity contribution in [3.05, 3.63) is 0 Å². The average Bonchev–Trinajstić information content (AvgIpc) is 3.49. The van der Waals surface area contributed by atoms with E-state index < -0.39 is 0 Å². The molecule has 5 N–H and O–H groups in total. The quantitative estimate of drug-likeness (QED) is 0.0377. The van der Waals surface area contributed by atoms with Gasteiger partial charge in [0.2, 0.25) is 0 Å². The van der Waals surface area contributed by atoms with Gasteiger partial charge in [0.25, 0.3) is 0 Å². The molecule has 0 radical (unpaired) electrons. The van der Waals surface area contributed by atoms with Crippen LogP contribution in [0.3, 0.4) is 0 Å². The first-order chi connectivity index (χ1) is 39.4. The maximum absolute atomic E-state index is 11.2. The van der Waals surface area contributed by atoms with Crippen LogP contribution in [0.25, 0.3) is 0 Å². The Morgan fingerprint density at radius 3 is 0.713 bits per heavy atom. The number of hydrogen-bond acceptors (Lipinski definition) is 10. The van der Waals surface area contributed by atoms with E-state index in [1.54, 1.807) is 0 Å². The highest BCUT2D eigenvalue weighted by Gasteiger charge is 2.30. The van der Waals surface area contributed by atoms with E-state index in [2.05, 4.69) is 59.1 Å². The highest BCUT2D eigenvalue weighted by molar-refractivity contribution is 4.85. The minimum absolute atomic E-state index is 0.0444. The van der Waals surface area contributed by atoms with Gasteiger partial charge in [-0.2, -0.15) is 0 Å². The molecule has 0 amide bonds. The van der Waals surface area contributed by atoms with Crippen LogP contribution in [0.2, 0.25) is 0 Å². The predicted octanol–water partition coefficient (Wildman–Crippen LogP) is 16.0. The van der Waals surface area contributed by atoms with E-state index in [-0.39, 0.29) is 63.2 Å². The van der Waals surface area contributed by atoms with E-state index in [1.165, 1.54) is 225 Å². The van der Waals surface area contributed by atoms with Gasteiger partial charge in [-0.25, -0.2) is 0 Å². The molecule has 480 valence electrons. The average molecular weight is 1140 g/mol. The first-order valence-electron chi connectivity index (χ1n) is 36.2. The van der Waals surface area contributed by atoms with E-state index in [4.69, 9.17) is 0 Å². The van der Waals surface area contributed by atoms with E-state index in [9.17, 15) is 25.5 Å². The number of unbranched alkanes of at least 4 members (excludes halogenated alkanes) is 35. The summed E-state index contributed by atoms with van der Waals surface area (Å²) in [6.45, 7) is 21.7. The summed E-state index contributed by atoms with van der Waals surface area (Å²) in [5.41, 5.74) is 0. The van der Waals surface area contributed by atoms with Gasteiger partial charge in [-0.3, -0.25) is 24.5 Å². The SMILES string of the molecule is CCCCCCCCCCC(CO)N(CCN(CCN1CCN(CCN([C@@H](CO)CCCCCCCCCC)[C@@H](CO)CCCCCCCCCC)CC1)[C@@H](CO)CCCCCCCCCC)[C@@H](CO)CCCCCCCCCC. The summed E-state index contributed by atoms with van der Waals surface area (Å²) in [4.78, 5) is 13.0. The van der Waals surface area contributed by atoms with Gasteiger partial charge < -0.3 is 25.5 Å². The Labute approximate surface area is 500 Å². The van der Waals surface area contributed by atoms with Crippen molar-refractivity contribution < 1.29 is 25.5 Å². The summed E-state index contributed by atoms with van der Waals surface area (Å²) in [6, 6.07) is 0.404. The molecule has 0 spiro atoms. The summed E-state index contributed by atoms with van der Waals surface area (Å²) >= 11 is 0. The Morgan fingerprint density at radius 1 is 0.250 bits per heavy atom. The van der Waals surface area contributed by atoms with Crippen molar-refractivity contribution in [3.63, 3.8) is 0 Å². The van der Waals surface area contributed by atoms with Crippen LogP contribution in [0, 0.1) is 0 Å². The molecule has 1 rings (SSSR count). The minimum atomic E-state index is 0.0444. The van der Waals surface area contributed by atoms with Gasteiger partial charge in [0.05, 0.1) is 33.0 Å². The maximum Gasteiger partial charge on any atom is 0.0587 e. The molecule has 10 heteroatoms. The zero-order valence-corrected chi connectivity index (χ0v) is 54.8. The molecular formula is C70H145N5O5. The third-order valence-corrected chi connectivity index (χ3v) is 18.9. The Bertz CT molecular complexity index is 1160. The van der Waals surface area contributed by atoms with Crippen LogP contribution >= 0.6 is 0 Å². The van der Waals surface area contributed by atoms with Crippen LogP contribution in [0.15, 0.2) is 0 Å². The Morgan fingerprint density at radius 2 is 0.463 bits per heavy atom. The van der Waals surface area contributed by atoms with Gasteiger partial charge in [0, 0.05) is 95.7 Å². The molecule has 0 aromatic heterocycles. The molecule has 1 aliphatic heterocycles. The normalized spacial score (nSPS) is 15.7. The summed E-state index contributed by atoms with van der Waals surface area (Å²) < 4.78 is 0. The topological polar surface area (TPSA) is 117 Å². The molecule has 1 unspecified atom stereocenters. The molecule has 0 aromatic carbocycles. The number of nitrogens with zero attached hydrogens (tertiary/aromatic N) is 5.